The number of hydrogen-bond donors (Lipinski definition) is 0. The van der Waals surface area contributed by atoms with E-state index in [1.165, 1.54) is 0 Å². The van der Waals surface area contributed by atoms with E-state index in [0.717, 1.165) is 5.82 Å². The second kappa shape index (κ2) is 7.89. The van der Waals surface area contributed by atoms with Crippen molar-refractivity contribution >= 4 is 35.0 Å². The van der Waals surface area contributed by atoms with Gasteiger partial charge in [-0.05, 0) is 13.0 Å². The third-order valence-electron chi connectivity index (χ3n) is 1.73. The molecule has 0 N–H and O–H groups in total. The second-order valence-electron chi connectivity index (χ2n) is 2.55. The first-order chi connectivity index (χ1) is 6.69. The van der Waals surface area contributed by atoms with Gasteiger partial charge in [0.05, 0.1) is 7.11 Å². The van der Waals surface area contributed by atoms with E-state index in [-0.39, 0.29) is 51.4 Å². The van der Waals surface area contributed by atoms with E-state index >= 15 is 0 Å². The number of anilines is 1. The molecule has 6 heteroatoms. The summed E-state index contributed by atoms with van der Waals surface area (Å²) in [6.45, 7) is 2.68. The molecule has 0 saturated heterocycles. The minimum absolute atomic E-state index is 0. The summed E-state index contributed by atoms with van der Waals surface area (Å²) >= 11 is 9.88. The molecule has 0 fully saturated rings. The molecule has 76 valence electrons. The molecule has 3 nitrogen and oxygen atoms in total. The van der Waals surface area contributed by atoms with Crippen LogP contribution in [0.2, 0.25) is 0 Å². The van der Waals surface area contributed by atoms with Gasteiger partial charge in [-0.2, -0.15) is 4.98 Å². The van der Waals surface area contributed by atoms with Gasteiger partial charge in [-0.15, -0.1) is 0 Å². The maximum Gasteiger partial charge on any atom is 1.00 e. The molecule has 1 aromatic heterocycles. The zero-order valence-electron chi connectivity index (χ0n) is 9.06. The van der Waals surface area contributed by atoms with Crippen molar-refractivity contribution in [3.8, 4) is 5.88 Å². The molecular weight excluding hydrogens is 255 g/mol. The first-order valence-corrected chi connectivity index (χ1v) is 5.00. The molecule has 0 aromatic carbocycles. The van der Waals surface area contributed by atoms with Gasteiger partial charge in [-0.25, -0.2) is 0 Å². The average Bonchev–Trinajstić information content (AvgIpc) is 2.19. The predicted molar refractivity (Wildman–Crippen MR) is 63.8 cm³/mol. The van der Waals surface area contributed by atoms with Gasteiger partial charge in [0.25, 0.3) is 0 Å². The molecule has 1 aromatic rings. The molecule has 0 spiro atoms. The van der Waals surface area contributed by atoms with Crippen molar-refractivity contribution in [3.63, 3.8) is 0 Å². The molecule has 0 aliphatic rings. The smallest absolute Gasteiger partial charge is 0.481 e. The van der Waals surface area contributed by atoms with Crippen LogP contribution in [0, 0.1) is 0 Å². The third kappa shape index (κ3) is 4.60. The summed E-state index contributed by atoms with van der Waals surface area (Å²) in [6, 6.07) is 5.49. The molecule has 0 saturated carbocycles. The van der Waals surface area contributed by atoms with Crippen LogP contribution in [0.25, 0.3) is 0 Å². The van der Waals surface area contributed by atoms with Crippen LogP contribution in [0.5, 0.6) is 5.88 Å². The van der Waals surface area contributed by atoms with Gasteiger partial charge in [-0.3, -0.25) is 0 Å². The summed E-state index contributed by atoms with van der Waals surface area (Å²) in [5.74, 6) is 1.29. The van der Waals surface area contributed by atoms with E-state index in [1.54, 1.807) is 18.1 Å². The quantitative estimate of drug-likeness (QED) is 0.387. The summed E-state index contributed by atoms with van der Waals surface area (Å²) in [6.07, 6.45) is 0. The fourth-order valence-electron chi connectivity index (χ4n) is 1.05. The number of methoxy groups -OCH3 is 1. The van der Waals surface area contributed by atoms with Crippen LogP contribution < -0.4 is 61.0 Å². The van der Waals surface area contributed by atoms with E-state index in [0.29, 0.717) is 16.7 Å². The van der Waals surface area contributed by atoms with Gasteiger partial charge in [0, 0.05) is 12.6 Å². The van der Waals surface area contributed by atoms with Crippen LogP contribution in [0.4, 0.5) is 5.82 Å². The molecular formula is C9H11KN2OS2. The van der Waals surface area contributed by atoms with Crippen molar-refractivity contribution in [1.29, 1.82) is 0 Å². The topological polar surface area (TPSA) is 25.4 Å². The number of thiocarbonyl (C=S) groups is 1. The van der Waals surface area contributed by atoms with E-state index in [2.05, 4.69) is 4.98 Å². The van der Waals surface area contributed by atoms with Crippen molar-refractivity contribution in [1.82, 2.24) is 4.98 Å². The Kier molecular flexibility index (Phi) is 8.25. The van der Waals surface area contributed by atoms with Crippen LogP contribution in [0.15, 0.2) is 18.2 Å². The Morgan fingerprint density at radius 1 is 1.60 bits per heavy atom. The molecule has 15 heavy (non-hydrogen) atoms. The zero-order valence-corrected chi connectivity index (χ0v) is 13.8. The average molecular weight is 266 g/mol. The molecule has 0 atom stereocenters. The van der Waals surface area contributed by atoms with Crippen molar-refractivity contribution in [2.24, 2.45) is 0 Å². The molecule has 0 aliphatic heterocycles. The van der Waals surface area contributed by atoms with Crippen molar-refractivity contribution in [2.75, 3.05) is 18.6 Å². The van der Waals surface area contributed by atoms with Crippen molar-refractivity contribution in [2.45, 2.75) is 6.92 Å². The molecule has 0 unspecified atom stereocenters. The maximum absolute atomic E-state index is 5.01. The van der Waals surface area contributed by atoms with E-state index in [1.807, 2.05) is 19.1 Å². The standard InChI is InChI=1S/C9H12N2OS2.K/c1-3-11(9(13)14)7-5-4-6-8(10-7)12-2;/h4-6H,3H2,1-2H3,(H,13,14);/q;+1/p-1. The van der Waals surface area contributed by atoms with Crippen LogP contribution in [0.1, 0.15) is 6.92 Å². The molecule has 1 rings (SSSR count). The van der Waals surface area contributed by atoms with Crippen molar-refractivity contribution in [3.05, 3.63) is 18.2 Å². The summed E-state index contributed by atoms with van der Waals surface area (Å²) in [4.78, 5) is 6.00. The minimum atomic E-state index is 0. The zero-order chi connectivity index (χ0) is 10.6. The maximum atomic E-state index is 5.01. The Hall–Kier alpha value is 0.696. The fraction of sp³-hybridized carbons (Fsp3) is 0.333. The molecule has 0 radical (unpaired) electrons. The molecule has 1 heterocycles. The van der Waals surface area contributed by atoms with Gasteiger partial charge in [-0.1, -0.05) is 10.4 Å². The number of rotatable bonds is 3. The SMILES string of the molecule is CCN(C(=S)[S-])c1cccc(OC)n1.[K+]. The van der Waals surface area contributed by atoms with E-state index in [4.69, 9.17) is 29.6 Å². The van der Waals surface area contributed by atoms with Crippen LogP contribution in [0.3, 0.4) is 0 Å². The Bertz CT molecular complexity index is 336. The monoisotopic (exact) mass is 266 g/mol. The summed E-state index contributed by atoms with van der Waals surface area (Å²) in [5.41, 5.74) is 0. The first-order valence-electron chi connectivity index (χ1n) is 4.18. The van der Waals surface area contributed by atoms with Crippen LogP contribution in [-0.2, 0) is 12.6 Å². The second-order valence-corrected chi connectivity index (χ2v) is 3.58. The predicted octanol–water partition coefficient (Wildman–Crippen LogP) is -1.25. The first kappa shape index (κ1) is 15.7. The number of nitrogens with zero attached hydrogens (tertiary/aromatic N) is 2. The summed E-state index contributed by atoms with van der Waals surface area (Å²) in [7, 11) is 1.58. The van der Waals surface area contributed by atoms with Gasteiger partial charge in [0.2, 0.25) is 5.88 Å². The van der Waals surface area contributed by atoms with Gasteiger partial charge in [0.15, 0.2) is 0 Å². The summed E-state index contributed by atoms with van der Waals surface area (Å²) < 4.78 is 5.41. The molecule has 0 bridgehead atoms. The number of ether oxygens (including phenoxy) is 1. The fourth-order valence-corrected chi connectivity index (χ4v) is 1.50. The van der Waals surface area contributed by atoms with Crippen LogP contribution >= 0.6 is 12.2 Å². The number of hydrogen-bond acceptors (Lipinski definition) is 4. The Morgan fingerprint density at radius 2 is 2.27 bits per heavy atom. The Morgan fingerprint density at radius 3 is 2.73 bits per heavy atom. The van der Waals surface area contributed by atoms with Gasteiger partial charge >= 0.3 is 51.4 Å². The Balaban J connectivity index is 0.00000196. The Labute approximate surface area is 143 Å². The largest absolute Gasteiger partial charge is 1.00 e. The molecule has 0 aliphatic carbocycles. The molecule has 0 amide bonds. The number of aromatic nitrogens is 1. The van der Waals surface area contributed by atoms with E-state index < -0.39 is 0 Å². The van der Waals surface area contributed by atoms with Gasteiger partial charge < -0.3 is 34.5 Å². The van der Waals surface area contributed by atoms with Crippen molar-refractivity contribution < 1.29 is 56.1 Å². The number of pyridine rings is 1. The minimum Gasteiger partial charge on any atom is -0.481 e. The van der Waals surface area contributed by atoms with Gasteiger partial charge in [0.1, 0.15) is 5.82 Å². The third-order valence-corrected chi connectivity index (χ3v) is 2.17. The van der Waals surface area contributed by atoms with Crippen LogP contribution in [-0.4, -0.2) is 23.0 Å². The normalized spacial score (nSPS) is 8.93. The van der Waals surface area contributed by atoms with E-state index in [9.17, 15) is 0 Å². The summed E-state index contributed by atoms with van der Waals surface area (Å²) in [5, 5.41) is 0.